The maximum atomic E-state index is 14.1. The lowest BCUT2D eigenvalue weighted by molar-refractivity contribution is -0.120. The second-order valence-corrected chi connectivity index (χ2v) is 14.7. The van der Waals surface area contributed by atoms with E-state index in [4.69, 9.17) is 16.3 Å². The average molecular weight is 637 g/mol. The Hall–Kier alpha value is -4.16. The first kappa shape index (κ1) is 31.8. The Labute approximate surface area is 276 Å². The van der Waals surface area contributed by atoms with Gasteiger partial charge in [-0.3, -0.25) is 14.4 Å². The predicted molar refractivity (Wildman–Crippen MR) is 182 cm³/mol. The number of ether oxygens (including phenoxy) is 1. The van der Waals surface area contributed by atoms with E-state index in [0.29, 0.717) is 47.0 Å². The van der Waals surface area contributed by atoms with Gasteiger partial charge in [-0.2, -0.15) is 0 Å². The molecular formula is C39H41ClN2O4. The molecular weight excluding hydrogens is 596 g/mol. The normalized spacial score (nSPS) is 19.1. The molecule has 0 saturated carbocycles. The van der Waals surface area contributed by atoms with E-state index in [1.54, 1.807) is 24.3 Å². The quantitative estimate of drug-likeness (QED) is 0.269. The highest BCUT2D eigenvalue weighted by molar-refractivity contribution is 6.32. The monoisotopic (exact) mass is 636 g/mol. The molecule has 1 aliphatic heterocycles. The van der Waals surface area contributed by atoms with Crippen molar-refractivity contribution in [3.8, 4) is 5.75 Å². The molecule has 3 aliphatic rings. The minimum atomic E-state index is -0.502. The number of anilines is 1. The number of nitrogens with zero attached hydrogens (tertiary/aromatic N) is 1. The fraction of sp³-hybridized carbons (Fsp3) is 0.359. The summed E-state index contributed by atoms with van der Waals surface area (Å²) in [5, 5.41) is 3.13. The van der Waals surface area contributed by atoms with Crippen molar-refractivity contribution in [2.24, 2.45) is 10.8 Å². The number of allylic oxidation sites excluding steroid dienone is 4. The van der Waals surface area contributed by atoms with Crippen molar-refractivity contribution in [3.63, 3.8) is 0 Å². The summed E-state index contributed by atoms with van der Waals surface area (Å²) >= 11 is 6.78. The van der Waals surface area contributed by atoms with Gasteiger partial charge in [-0.15, -0.1) is 0 Å². The van der Waals surface area contributed by atoms with Gasteiger partial charge in [-0.05, 0) is 65.5 Å². The van der Waals surface area contributed by atoms with Crippen LogP contribution in [-0.4, -0.2) is 35.5 Å². The van der Waals surface area contributed by atoms with Crippen molar-refractivity contribution in [2.75, 3.05) is 18.5 Å². The van der Waals surface area contributed by atoms with Crippen LogP contribution in [-0.2, 0) is 20.8 Å². The zero-order valence-corrected chi connectivity index (χ0v) is 27.7. The third-order valence-corrected chi connectivity index (χ3v) is 9.49. The van der Waals surface area contributed by atoms with Gasteiger partial charge in [0.2, 0.25) is 0 Å². The largest absolute Gasteiger partial charge is 0.482 e. The molecule has 6 nitrogen and oxygen atoms in total. The van der Waals surface area contributed by atoms with Crippen LogP contribution >= 0.6 is 11.6 Å². The summed E-state index contributed by atoms with van der Waals surface area (Å²) in [7, 11) is 0. The number of rotatable bonds is 8. The molecule has 0 radical (unpaired) electrons. The summed E-state index contributed by atoms with van der Waals surface area (Å²) in [5.74, 6) is -0.273. The van der Waals surface area contributed by atoms with Crippen molar-refractivity contribution in [3.05, 3.63) is 118 Å². The van der Waals surface area contributed by atoms with Crippen LogP contribution in [0.1, 0.15) is 70.4 Å². The third-order valence-electron chi connectivity index (χ3n) is 9.19. The van der Waals surface area contributed by atoms with Crippen LogP contribution < -0.4 is 10.1 Å². The number of benzene rings is 3. The van der Waals surface area contributed by atoms with Crippen LogP contribution in [0, 0.1) is 10.8 Å². The first-order chi connectivity index (χ1) is 21.9. The fourth-order valence-corrected chi connectivity index (χ4v) is 7.46. The number of ketones is 2. The first-order valence-corrected chi connectivity index (χ1v) is 16.4. The van der Waals surface area contributed by atoms with E-state index in [9.17, 15) is 14.4 Å². The fourth-order valence-electron chi connectivity index (χ4n) is 7.21. The maximum absolute atomic E-state index is 14.1. The number of hydrogen-bond acceptors (Lipinski definition) is 5. The van der Waals surface area contributed by atoms with E-state index in [2.05, 4.69) is 50.0 Å². The van der Waals surface area contributed by atoms with Crippen molar-refractivity contribution >= 4 is 34.8 Å². The molecule has 0 spiro atoms. The van der Waals surface area contributed by atoms with Gasteiger partial charge in [0.25, 0.3) is 5.91 Å². The van der Waals surface area contributed by atoms with Crippen LogP contribution in [0.4, 0.5) is 5.69 Å². The zero-order valence-electron chi connectivity index (χ0n) is 27.0. The van der Waals surface area contributed by atoms with Crippen molar-refractivity contribution in [1.82, 2.24) is 4.90 Å². The summed E-state index contributed by atoms with van der Waals surface area (Å²) in [6.07, 6.45) is 3.13. The molecule has 1 N–H and O–H groups in total. The number of para-hydroxylation sites is 1. The summed E-state index contributed by atoms with van der Waals surface area (Å²) in [5.41, 5.74) is 5.77. The maximum Gasteiger partial charge on any atom is 0.262 e. The highest BCUT2D eigenvalue weighted by Crippen LogP contribution is 2.54. The Bertz CT molecular complexity index is 1690. The number of nitrogens with one attached hydrogen (secondary N) is 1. The summed E-state index contributed by atoms with van der Waals surface area (Å²) in [6, 6.07) is 25.0. The van der Waals surface area contributed by atoms with Gasteiger partial charge >= 0.3 is 0 Å². The van der Waals surface area contributed by atoms with E-state index in [1.807, 2.05) is 42.5 Å². The van der Waals surface area contributed by atoms with Crippen molar-refractivity contribution in [2.45, 2.75) is 65.7 Å². The minimum Gasteiger partial charge on any atom is -0.482 e. The van der Waals surface area contributed by atoms with E-state index < -0.39 is 5.92 Å². The Morgan fingerprint density at radius 1 is 0.826 bits per heavy atom. The van der Waals surface area contributed by atoms with Crippen LogP contribution in [0.5, 0.6) is 5.75 Å². The van der Waals surface area contributed by atoms with Gasteiger partial charge < -0.3 is 15.0 Å². The van der Waals surface area contributed by atoms with E-state index in [-0.39, 0.29) is 34.9 Å². The van der Waals surface area contributed by atoms with Crippen molar-refractivity contribution < 1.29 is 19.1 Å². The zero-order chi connectivity index (χ0) is 32.6. The van der Waals surface area contributed by atoms with Gasteiger partial charge in [0.05, 0.1) is 5.02 Å². The molecule has 0 unspecified atom stereocenters. The minimum absolute atomic E-state index is 0.0826. The molecule has 1 heterocycles. The number of Topliss-reactive ketones (excluding diaryl/α,β-unsaturated/α-hetero) is 2. The number of amides is 1. The molecule has 3 aromatic rings. The third kappa shape index (κ3) is 6.68. The predicted octanol–water partition coefficient (Wildman–Crippen LogP) is 8.29. The molecule has 6 rings (SSSR count). The van der Waals surface area contributed by atoms with Crippen LogP contribution in [0.3, 0.4) is 0 Å². The Kier molecular flexibility index (Phi) is 8.68. The Morgan fingerprint density at radius 2 is 1.39 bits per heavy atom. The molecule has 0 saturated heterocycles. The van der Waals surface area contributed by atoms with Gasteiger partial charge in [-0.25, -0.2) is 0 Å². The Balaban J connectivity index is 1.37. The molecule has 3 aromatic carbocycles. The second kappa shape index (κ2) is 12.6. The molecule has 0 bridgehead atoms. The van der Waals surface area contributed by atoms with Gasteiger partial charge in [0, 0.05) is 53.5 Å². The smallest absolute Gasteiger partial charge is 0.262 e. The molecule has 238 valence electrons. The van der Waals surface area contributed by atoms with E-state index >= 15 is 0 Å². The van der Waals surface area contributed by atoms with Gasteiger partial charge in [0.15, 0.2) is 18.2 Å². The molecule has 0 aromatic heterocycles. The highest BCUT2D eigenvalue weighted by Gasteiger charge is 2.49. The molecule has 1 amide bonds. The molecule has 0 atom stereocenters. The average Bonchev–Trinajstić information content (AvgIpc) is 2.99. The lowest BCUT2D eigenvalue weighted by atomic mass is 9.63. The lowest BCUT2D eigenvalue weighted by Crippen LogP contribution is -2.45. The number of carbonyl (C=O) groups excluding carboxylic acids is 3. The van der Waals surface area contributed by atoms with Crippen LogP contribution in [0.15, 0.2) is 101 Å². The highest BCUT2D eigenvalue weighted by atomic mass is 35.5. The number of hydrogen-bond donors (Lipinski definition) is 1. The standard InChI is InChI=1S/C39H41ClN2O4/c1-38(2)20-29-36(31(43)22-38)35(26-15-16-33(28(40)19-26)46-24-34(45)41-27-13-9-6-10-14-27)37-30(21-39(3,4)23-32(37)44)42(29)18-17-25-11-7-5-8-12-25/h5-16,19,35H,17-18,20-24H2,1-4H3,(H,41,45). The summed E-state index contributed by atoms with van der Waals surface area (Å²) < 4.78 is 5.80. The van der Waals surface area contributed by atoms with E-state index in [0.717, 1.165) is 36.2 Å². The summed E-state index contributed by atoms with van der Waals surface area (Å²) in [6.45, 7) is 9.08. The van der Waals surface area contributed by atoms with Gasteiger partial charge in [0.1, 0.15) is 5.75 Å². The SMILES string of the molecule is CC1(C)CC(=O)C2=C(C1)N(CCc1ccccc1)C1=C(C(=O)CC(C)(C)C1)C2c1ccc(OCC(=O)Nc2ccccc2)c(Cl)c1. The number of carbonyl (C=O) groups is 3. The molecule has 2 aliphatic carbocycles. The lowest BCUT2D eigenvalue weighted by Gasteiger charge is -2.49. The molecule has 7 heteroatoms. The second-order valence-electron chi connectivity index (χ2n) is 14.3. The van der Waals surface area contributed by atoms with Gasteiger partial charge in [-0.1, -0.05) is 93.9 Å². The summed E-state index contributed by atoms with van der Waals surface area (Å²) in [4.78, 5) is 43.1. The van der Waals surface area contributed by atoms with Crippen molar-refractivity contribution in [1.29, 1.82) is 0 Å². The Morgan fingerprint density at radius 3 is 1.96 bits per heavy atom. The molecule has 0 fully saturated rings. The van der Waals surface area contributed by atoms with Crippen LogP contribution in [0.25, 0.3) is 0 Å². The van der Waals surface area contributed by atoms with E-state index in [1.165, 1.54) is 5.56 Å². The van der Waals surface area contributed by atoms with Crippen LogP contribution in [0.2, 0.25) is 5.02 Å². The number of halogens is 1. The first-order valence-electron chi connectivity index (χ1n) is 16.0. The molecule has 46 heavy (non-hydrogen) atoms. The topological polar surface area (TPSA) is 75.7 Å².